The molecule has 1 rings (SSSR count). The van der Waals surface area contributed by atoms with Crippen LogP contribution in [0.3, 0.4) is 0 Å². The monoisotopic (exact) mass is 326 g/mol. The van der Waals surface area contributed by atoms with Crippen LogP contribution in [0.15, 0.2) is 24.3 Å². The highest BCUT2D eigenvalue weighted by Crippen LogP contribution is 2.31. The number of halogens is 3. The fourth-order valence-corrected chi connectivity index (χ4v) is 1.37. The molecule has 23 heavy (non-hydrogen) atoms. The van der Waals surface area contributed by atoms with E-state index < -0.39 is 17.7 Å². The number of esters is 1. The van der Waals surface area contributed by atoms with E-state index in [2.05, 4.69) is 16.6 Å². The van der Waals surface area contributed by atoms with Gasteiger partial charge in [-0.25, -0.2) is 4.79 Å². The summed E-state index contributed by atoms with van der Waals surface area (Å²) in [7, 11) is 1.49. The molecule has 0 aliphatic heterocycles. The average Bonchev–Trinajstić information content (AvgIpc) is 2.51. The molecule has 0 radical (unpaired) electrons. The summed E-state index contributed by atoms with van der Waals surface area (Å²) in [6.45, 7) is 0.988. The third-order valence-corrected chi connectivity index (χ3v) is 2.58. The van der Waals surface area contributed by atoms with Crippen molar-refractivity contribution in [3.8, 4) is 29.4 Å². The maximum absolute atomic E-state index is 12.8. The van der Waals surface area contributed by atoms with Gasteiger partial charge in [-0.1, -0.05) is 5.92 Å². The lowest BCUT2D eigenvalue weighted by Gasteiger charge is -2.22. The first-order valence-electron chi connectivity index (χ1n) is 6.38. The number of benzene rings is 1. The third kappa shape index (κ3) is 4.67. The smallest absolute Gasteiger partial charge is 0.440 e. The molecule has 1 N–H and O–H groups in total. The number of alkyl halides is 3. The van der Waals surface area contributed by atoms with Gasteiger partial charge in [-0.2, -0.15) is 13.2 Å². The Bertz CT molecular complexity index is 672. The average molecular weight is 326 g/mol. The minimum absolute atomic E-state index is 0.323. The second-order valence-corrected chi connectivity index (χ2v) is 4.16. The van der Waals surface area contributed by atoms with Crippen LogP contribution in [0, 0.1) is 23.7 Å². The van der Waals surface area contributed by atoms with Crippen molar-refractivity contribution < 1.29 is 32.5 Å². The molecule has 122 valence electrons. The highest BCUT2D eigenvalue weighted by Gasteiger charge is 2.60. The van der Waals surface area contributed by atoms with Gasteiger partial charge < -0.3 is 14.6 Å². The Morgan fingerprint density at radius 1 is 1.22 bits per heavy atom. The highest BCUT2D eigenvalue weighted by molar-refractivity contribution is 5.84. The lowest BCUT2D eigenvalue weighted by atomic mass is 10.1. The molecule has 0 unspecified atom stereocenters. The largest absolute Gasteiger partial charge is 0.497 e. The van der Waals surface area contributed by atoms with Crippen molar-refractivity contribution in [2.45, 2.75) is 18.7 Å². The van der Waals surface area contributed by atoms with E-state index in [1.807, 2.05) is 5.92 Å². The maximum atomic E-state index is 12.8. The molecule has 0 aliphatic carbocycles. The minimum Gasteiger partial charge on any atom is -0.497 e. The van der Waals surface area contributed by atoms with Gasteiger partial charge in [0, 0.05) is 5.56 Å². The Balaban J connectivity index is 3.01. The summed E-state index contributed by atoms with van der Waals surface area (Å²) in [5.41, 5.74) is -3.43. The summed E-state index contributed by atoms with van der Waals surface area (Å²) in [6, 6.07) is 6.38. The van der Waals surface area contributed by atoms with Crippen LogP contribution < -0.4 is 4.74 Å². The molecule has 7 heteroatoms. The second-order valence-electron chi connectivity index (χ2n) is 4.16. The molecule has 1 aromatic carbocycles. The van der Waals surface area contributed by atoms with Crippen molar-refractivity contribution >= 4 is 5.97 Å². The molecular weight excluding hydrogens is 313 g/mol. The number of ether oxygens (including phenoxy) is 2. The van der Waals surface area contributed by atoms with Crippen molar-refractivity contribution in [1.82, 2.24) is 0 Å². The Hall–Kier alpha value is -2.64. The first kappa shape index (κ1) is 18.4. The predicted molar refractivity (Wildman–Crippen MR) is 75.3 cm³/mol. The number of methoxy groups -OCH3 is 1. The summed E-state index contributed by atoms with van der Waals surface area (Å²) >= 11 is 0. The molecule has 0 amide bonds. The maximum Gasteiger partial charge on any atom is 0.440 e. The number of hydrogen-bond donors (Lipinski definition) is 1. The van der Waals surface area contributed by atoms with Crippen molar-refractivity contribution in [2.75, 3.05) is 13.7 Å². The summed E-state index contributed by atoms with van der Waals surface area (Å²) < 4.78 is 47.5. The fourth-order valence-electron chi connectivity index (χ4n) is 1.37. The number of carbonyl (C=O) groups is 1. The van der Waals surface area contributed by atoms with Gasteiger partial charge in [0.05, 0.1) is 13.7 Å². The Labute approximate surface area is 131 Å². The third-order valence-electron chi connectivity index (χ3n) is 2.58. The Morgan fingerprint density at radius 3 is 2.30 bits per heavy atom. The molecule has 0 aliphatic rings. The normalized spacial score (nSPS) is 12.8. The summed E-state index contributed by atoms with van der Waals surface area (Å²) in [5, 5.41) is 9.46. The van der Waals surface area contributed by atoms with Crippen LogP contribution in [0.25, 0.3) is 0 Å². The van der Waals surface area contributed by atoms with E-state index in [4.69, 9.17) is 4.74 Å². The predicted octanol–water partition coefficient (Wildman–Crippen LogP) is 1.91. The van der Waals surface area contributed by atoms with Crippen LogP contribution in [0.1, 0.15) is 12.5 Å². The van der Waals surface area contributed by atoms with Crippen molar-refractivity contribution in [1.29, 1.82) is 0 Å². The SMILES string of the molecule is CCOC(=O)[C@](O)(C#CC#Cc1ccc(OC)cc1)C(F)(F)F. The Kier molecular flexibility index (Phi) is 6.06. The van der Waals surface area contributed by atoms with Gasteiger partial charge in [0.2, 0.25) is 0 Å². The zero-order valence-corrected chi connectivity index (χ0v) is 12.3. The van der Waals surface area contributed by atoms with E-state index in [1.54, 1.807) is 24.3 Å². The van der Waals surface area contributed by atoms with Gasteiger partial charge in [-0.15, -0.1) is 0 Å². The number of rotatable bonds is 3. The summed E-state index contributed by atoms with van der Waals surface area (Å²) in [6.07, 6.45) is -5.30. The molecule has 1 atom stereocenters. The van der Waals surface area contributed by atoms with Crippen LogP contribution in [-0.2, 0) is 9.53 Å². The van der Waals surface area contributed by atoms with Crippen molar-refractivity contribution in [2.24, 2.45) is 0 Å². The molecule has 0 aromatic heterocycles. The second kappa shape index (κ2) is 7.57. The molecule has 4 nitrogen and oxygen atoms in total. The van der Waals surface area contributed by atoms with E-state index >= 15 is 0 Å². The highest BCUT2D eigenvalue weighted by atomic mass is 19.4. The first-order chi connectivity index (χ1) is 10.7. The molecular formula is C16H13F3O4. The van der Waals surface area contributed by atoms with Crippen LogP contribution in [0.2, 0.25) is 0 Å². The van der Waals surface area contributed by atoms with Gasteiger partial charge in [-0.3, -0.25) is 0 Å². The molecule has 0 bridgehead atoms. The van der Waals surface area contributed by atoms with Gasteiger partial charge in [0.1, 0.15) is 5.75 Å². The van der Waals surface area contributed by atoms with Crippen molar-refractivity contribution in [3.63, 3.8) is 0 Å². The van der Waals surface area contributed by atoms with Gasteiger partial charge in [0.25, 0.3) is 0 Å². The zero-order chi connectivity index (χ0) is 17.5. The van der Waals surface area contributed by atoms with Crippen molar-refractivity contribution in [3.05, 3.63) is 29.8 Å². The molecule has 0 saturated carbocycles. The summed E-state index contributed by atoms with van der Waals surface area (Å²) in [5.74, 6) is 6.59. The number of carbonyl (C=O) groups excluding carboxylic acids is 1. The molecule has 1 aromatic rings. The lowest BCUT2D eigenvalue weighted by molar-refractivity contribution is -0.242. The van der Waals surface area contributed by atoms with E-state index in [0.29, 0.717) is 11.3 Å². The molecule has 0 fully saturated rings. The summed E-state index contributed by atoms with van der Waals surface area (Å²) in [4.78, 5) is 11.3. The lowest BCUT2D eigenvalue weighted by Crippen LogP contribution is -2.51. The zero-order valence-electron chi connectivity index (χ0n) is 12.3. The number of hydrogen-bond acceptors (Lipinski definition) is 4. The number of aliphatic hydroxyl groups is 1. The molecule has 0 spiro atoms. The van der Waals surface area contributed by atoms with Gasteiger partial charge in [-0.05, 0) is 49.0 Å². The minimum atomic E-state index is -5.30. The fraction of sp³-hybridized carbons (Fsp3) is 0.312. The first-order valence-corrected chi connectivity index (χ1v) is 6.38. The van der Waals surface area contributed by atoms with Crippen LogP contribution in [-0.4, -0.2) is 36.6 Å². The standard InChI is InChI=1S/C16H13F3O4/c1-3-23-14(20)15(21,16(17,18)19)11-5-4-6-12-7-9-13(22-2)10-8-12/h7-10,21H,3H2,1-2H3/t15-/m1/s1. The Morgan fingerprint density at radius 2 is 1.83 bits per heavy atom. The molecule has 0 saturated heterocycles. The molecule has 0 heterocycles. The van der Waals surface area contributed by atoms with Crippen LogP contribution in [0.4, 0.5) is 13.2 Å². The van der Waals surface area contributed by atoms with E-state index in [1.165, 1.54) is 20.0 Å². The van der Waals surface area contributed by atoms with Gasteiger partial charge in [0.15, 0.2) is 0 Å². The quantitative estimate of drug-likeness (QED) is 0.681. The topological polar surface area (TPSA) is 55.8 Å². The van der Waals surface area contributed by atoms with E-state index in [-0.39, 0.29) is 6.61 Å². The van der Waals surface area contributed by atoms with Crippen LogP contribution >= 0.6 is 0 Å². The van der Waals surface area contributed by atoms with E-state index in [0.717, 1.165) is 0 Å². The van der Waals surface area contributed by atoms with Gasteiger partial charge >= 0.3 is 17.7 Å². The van der Waals surface area contributed by atoms with Crippen LogP contribution in [0.5, 0.6) is 5.75 Å². The van der Waals surface area contributed by atoms with E-state index in [9.17, 15) is 23.1 Å².